The van der Waals surface area contributed by atoms with Crippen molar-refractivity contribution in [2.24, 2.45) is 11.8 Å². The number of fused-ring (bicyclic) bond motifs is 1. The van der Waals surface area contributed by atoms with Crippen LogP contribution in [0.4, 0.5) is 10.8 Å². The van der Waals surface area contributed by atoms with E-state index in [0.29, 0.717) is 44.4 Å². The number of anilines is 2. The zero-order chi connectivity index (χ0) is 23.7. The smallest absolute Gasteiger partial charge is 0.247 e. The van der Waals surface area contributed by atoms with Crippen molar-refractivity contribution in [3.05, 3.63) is 41.9 Å². The summed E-state index contributed by atoms with van der Waals surface area (Å²) in [5, 5.41) is 6.82. The highest BCUT2D eigenvalue weighted by Gasteiger charge is 2.51. The lowest BCUT2D eigenvalue weighted by atomic mass is 9.84. The van der Waals surface area contributed by atoms with Crippen molar-refractivity contribution < 1.29 is 14.4 Å². The summed E-state index contributed by atoms with van der Waals surface area (Å²) in [5.41, 5.74) is 4.14. The molecule has 0 aliphatic carbocycles. The predicted octanol–water partition coefficient (Wildman–Crippen LogP) is 0.324. The molecule has 180 valence electrons. The van der Waals surface area contributed by atoms with E-state index in [4.69, 9.17) is 0 Å². The number of hydrogen-bond donors (Lipinski definition) is 2. The molecule has 2 N–H and O–H groups in total. The molecule has 11 heteroatoms. The summed E-state index contributed by atoms with van der Waals surface area (Å²) in [6.45, 7) is 3.92. The molecule has 3 aliphatic heterocycles. The van der Waals surface area contributed by atoms with E-state index in [1.54, 1.807) is 11.2 Å². The first-order valence-electron chi connectivity index (χ1n) is 11.5. The molecule has 0 radical (unpaired) electrons. The first-order chi connectivity index (χ1) is 16.5. The molecule has 2 aromatic rings. The summed E-state index contributed by atoms with van der Waals surface area (Å²) in [6, 6.07) is 9.28. The lowest BCUT2D eigenvalue weighted by molar-refractivity contribution is -0.141. The number of nitrogens with one attached hydrogen (secondary N) is 2. The van der Waals surface area contributed by atoms with E-state index in [1.165, 1.54) is 11.3 Å². The van der Waals surface area contributed by atoms with Crippen LogP contribution in [-0.4, -0.2) is 96.3 Å². The van der Waals surface area contributed by atoms with E-state index in [1.807, 2.05) is 47.7 Å². The quantitative estimate of drug-likeness (QED) is 0.632. The van der Waals surface area contributed by atoms with Crippen molar-refractivity contribution in [1.29, 1.82) is 0 Å². The van der Waals surface area contributed by atoms with Crippen LogP contribution in [0, 0.1) is 11.8 Å². The largest absolute Gasteiger partial charge is 0.340 e. The number of piperidine rings is 1. The maximum Gasteiger partial charge on any atom is 0.247 e. The van der Waals surface area contributed by atoms with Crippen molar-refractivity contribution in [3.63, 3.8) is 0 Å². The van der Waals surface area contributed by atoms with Gasteiger partial charge in [-0.3, -0.25) is 19.3 Å². The SMILES string of the molecule is CN1CC(C(=O)N2CCN(CC(=O)Nc3nccs3)CC2)C2NN(c3ccccc3)C(=O)C2C1. The second-order valence-corrected chi connectivity index (χ2v) is 9.98. The molecular formula is C23H29N7O3S. The fraction of sp³-hybridized carbons (Fsp3) is 0.478. The van der Waals surface area contributed by atoms with Crippen molar-refractivity contribution >= 4 is 39.9 Å². The molecule has 3 aliphatic rings. The Morgan fingerprint density at radius 3 is 2.62 bits per heavy atom. The number of benzene rings is 1. The molecule has 3 saturated heterocycles. The molecule has 3 atom stereocenters. The number of para-hydroxylation sites is 1. The first-order valence-corrected chi connectivity index (χ1v) is 12.4. The topological polar surface area (TPSA) is 101 Å². The van der Waals surface area contributed by atoms with Crippen LogP contribution in [0.5, 0.6) is 0 Å². The number of hydrazine groups is 1. The maximum absolute atomic E-state index is 13.6. The van der Waals surface area contributed by atoms with Gasteiger partial charge >= 0.3 is 0 Å². The highest BCUT2D eigenvalue weighted by atomic mass is 32.1. The summed E-state index contributed by atoms with van der Waals surface area (Å²) >= 11 is 1.39. The van der Waals surface area contributed by atoms with Crippen molar-refractivity contribution in [2.75, 3.05) is 63.2 Å². The second kappa shape index (κ2) is 9.79. The Bertz CT molecular complexity index is 1030. The molecular weight excluding hydrogens is 454 g/mol. The predicted molar refractivity (Wildman–Crippen MR) is 129 cm³/mol. The number of nitrogens with zero attached hydrogens (tertiary/aromatic N) is 5. The van der Waals surface area contributed by atoms with Gasteiger partial charge in [0.1, 0.15) is 0 Å². The van der Waals surface area contributed by atoms with Gasteiger partial charge in [-0.05, 0) is 19.2 Å². The number of amides is 3. The van der Waals surface area contributed by atoms with Gasteiger partial charge in [0.25, 0.3) is 0 Å². The molecule has 1 aromatic heterocycles. The third-order valence-electron chi connectivity index (χ3n) is 6.76. The molecule has 0 spiro atoms. The molecule has 5 rings (SSSR count). The van der Waals surface area contributed by atoms with Crippen LogP contribution >= 0.6 is 11.3 Å². The Morgan fingerprint density at radius 2 is 1.91 bits per heavy atom. The van der Waals surface area contributed by atoms with Gasteiger partial charge < -0.3 is 15.1 Å². The number of likely N-dealkylation sites (tertiary alicyclic amines) is 1. The second-order valence-electron chi connectivity index (χ2n) is 9.09. The maximum atomic E-state index is 13.6. The molecule has 3 fully saturated rings. The van der Waals surface area contributed by atoms with Crippen LogP contribution in [0.3, 0.4) is 0 Å². The minimum Gasteiger partial charge on any atom is -0.340 e. The number of aromatic nitrogens is 1. The van der Waals surface area contributed by atoms with E-state index in [0.717, 1.165) is 5.69 Å². The zero-order valence-electron chi connectivity index (χ0n) is 19.1. The van der Waals surface area contributed by atoms with Gasteiger partial charge in [-0.15, -0.1) is 11.3 Å². The third-order valence-corrected chi connectivity index (χ3v) is 7.45. The fourth-order valence-electron chi connectivity index (χ4n) is 5.06. The number of hydrogen-bond acceptors (Lipinski definition) is 8. The standard InChI is InChI=1S/C23H29N7O3S/c1-27-13-17(20-18(14-27)22(33)30(26-20)16-5-3-2-4-6-16)21(32)29-10-8-28(9-11-29)15-19(31)25-23-24-7-12-34-23/h2-7,12,17-18,20,26H,8-11,13-15H2,1H3,(H,24,25,31). The van der Waals surface area contributed by atoms with Gasteiger partial charge in [0.05, 0.1) is 30.1 Å². The van der Waals surface area contributed by atoms with E-state index >= 15 is 0 Å². The lowest BCUT2D eigenvalue weighted by Crippen LogP contribution is -2.59. The Kier molecular flexibility index (Phi) is 6.59. The number of carbonyl (C=O) groups excluding carboxylic acids is 3. The molecule has 3 amide bonds. The van der Waals surface area contributed by atoms with Gasteiger partial charge in [0.2, 0.25) is 17.7 Å². The van der Waals surface area contributed by atoms with Crippen LogP contribution in [0.25, 0.3) is 0 Å². The molecule has 10 nitrogen and oxygen atoms in total. The van der Waals surface area contributed by atoms with Crippen LogP contribution in [0.2, 0.25) is 0 Å². The number of piperazine rings is 1. The zero-order valence-corrected chi connectivity index (χ0v) is 19.9. The van der Waals surface area contributed by atoms with Crippen molar-refractivity contribution in [1.82, 2.24) is 25.1 Å². The van der Waals surface area contributed by atoms with E-state index in [9.17, 15) is 14.4 Å². The van der Waals surface area contributed by atoms with Crippen LogP contribution in [-0.2, 0) is 14.4 Å². The Labute approximate surface area is 202 Å². The van der Waals surface area contributed by atoms with Gasteiger partial charge in [0.15, 0.2) is 5.13 Å². The highest BCUT2D eigenvalue weighted by Crippen LogP contribution is 2.32. The first kappa shape index (κ1) is 22.9. The van der Waals surface area contributed by atoms with E-state index in [-0.39, 0.29) is 42.1 Å². The van der Waals surface area contributed by atoms with Crippen LogP contribution in [0.1, 0.15) is 0 Å². The molecule has 0 saturated carbocycles. The van der Waals surface area contributed by atoms with Crippen molar-refractivity contribution in [2.45, 2.75) is 6.04 Å². The van der Waals surface area contributed by atoms with Crippen LogP contribution in [0.15, 0.2) is 41.9 Å². The van der Waals surface area contributed by atoms with Crippen molar-refractivity contribution in [3.8, 4) is 0 Å². The van der Waals surface area contributed by atoms with Crippen LogP contribution < -0.4 is 15.8 Å². The summed E-state index contributed by atoms with van der Waals surface area (Å²) < 4.78 is 0. The average Bonchev–Trinajstić information content (AvgIpc) is 3.47. The minimum atomic E-state index is -0.304. The summed E-state index contributed by atoms with van der Waals surface area (Å²) in [4.78, 5) is 49.1. The Morgan fingerprint density at radius 1 is 1.15 bits per heavy atom. The normalized spacial score (nSPS) is 25.9. The van der Waals surface area contributed by atoms with E-state index in [2.05, 4.69) is 25.5 Å². The molecule has 1 aromatic carbocycles. The third kappa shape index (κ3) is 4.69. The van der Waals surface area contributed by atoms with Gasteiger partial charge in [-0.1, -0.05) is 18.2 Å². The summed E-state index contributed by atoms with van der Waals surface area (Å²) in [7, 11) is 1.97. The van der Waals surface area contributed by atoms with Gasteiger partial charge in [-0.2, -0.15) is 0 Å². The Balaban J connectivity index is 1.19. The van der Waals surface area contributed by atoms with Gasteiger partial charge in [-0.25, -0.2) is 15.4 Å². The number of thiazole rings is 1. The lowest BCUT2D eigenvalue weighted by Gasteiger charge is -2.41. The summed E-state index contributed by atoms with van der Waals surface area (Å²) in [6.07, 6.45) is 1.66. The van der Waals surface area contributed by atoms with E-state index < -0.39 is 0 Å². The molecule has 34 heavy (non-hydrogen) atoms. The monoisotopic (exact) mass is 483 g/mol. The number of rotatable bonds is 5. The molecule has 4 heterocycles. The Hall–Kier alpha value is -2.86. The molecule has 0 bridgehead atoms. The van der Waals surface area contributed by atoms with Gasteiger partial charge in [0, 0.05) is 50.8 Å². The fourth-order valence-corrected chi connectivity index (χ4v) is 5.61. The summed E-state index contributed by atoms with van der Waals surface area (Å²) in [5.74, 6) is -0.577. The highest BCUT2D eigenvalue weighted by molar-refractivity contribution is 7.13. The average molecular weight is 484 g/mol. The molecule has 3 unspecified atom stereocenters. The number of carbonyl (C=O) groups is 3. The minimum absolute atomic E-state index is 0.0108.